The molecule has 1 aromatic heterocycles. The van der Waals surface area contributed by atoms with Crippen molar-refractivity contribution in [3.63, 3.8) is 0 Å². The zero-order valence-electron chi connectivity index (χ0n) is 14.0. The zero-order chi connectivity index (χ0) is 16.4. The van der Waals surface area contributed by atoms with Gasteiger partial charge >= 0.3 is 5.69 Å². The Morgan fingerprint density at radius 2 is 1.57 bits per heavy atom. The summed E-state index contributed by atoms with van der Waals surface area (Å²) >= 11 is 0. The lowest BCUT2D eigenvalue weighted by atomic mass is 10.1. The SMILES string of the molecule is CCN(CC)C(=O)CN1CCC(n2nnn(C3CC3)c2=O)CC1. The van der Waals surface area contributed by atoms with Gasteiger partial charge < -0.3 is 4.90 Å². The van der Waals surface area contributed by atoms with E-state index >= 15 is 0 Å². The maximum atomic E-state index is 12.3. The first-order valence-electron chi connectivity index (χ1n) is 8.68. The fraction of sp³-hybridized carbons (Fsp3) is 0.867. The van der Waals surface area contributed by atoms with Crippen molar-refractivity contribution in [3.8, 4) is 0 Å². The molecule has 2 fully saturated rings. The second-order valence-corrected chi connectivity index (χ2v) is 6.46. The van der Waals surface area contributed by atoms with Gasteiger partial charge in [-0.05, 0) is 50.0 Å². The summed E-state index contributed by atoms with van der Waals surface area (Å²) in [7, 11) is 0. The minimum absolute atomic E-state index is 0.0785. The van der Waals surface area contributed by atoms with E-state index in [1.54, 1.807) is 4.68 Å². The summed E-state index contributed by atoms with van der Waals surface area (Å²) in [5.41, 5.74) is -0.0785. The van der Waals surface area contributed by atoms with E-state index in [1.807, 2.05) is 18.7 Å². The topological polar surface area (TPSA) is 76.3 Å². The Morgan fingerprint density at radius 1 is 1.04 bits per heavy atom. The molecule has 2 heterocycles. The van der Waals surface area contributed by atoms with Crippen molar-refractivity contribution in [2.45, 2.75) is 51.6 Å². The molecule has 1 amide bonds. The minimum Gasteiger partial charge on any atom is -0.342 e. The Morgan fingerprint density at radius 3 is 2.04 bits per heavy atom. The zero-order valence-corrected chi connectivity index (χ0v) is 14.0. The molecule has 3 rings (SSSR count). The number of piperidine rings is 1. The number of carbonyl (C=O) groups excluding carboxylic acids is 1. The Bertz CT molecular complexity index is 593. The summed E-state index contributed by atoms with van der Waals surface area (Å²) < 4.78 is 3.07. The molecule has 2 aliphatic rings. The first-order chi connectivity index (χ1) is 11.1. The monoisotopic (exact) mass is 322 g/mol. The molecule has 1 aromatic rings. The number of hydrogen-bond acceptors (Lipinski definition) is 5. The van der Waals surface area contributed by atoms with Gasteiger partial charge in [-0.25, -0.2) is 4.79 Å². The molecule has 0 bridgehead atoms. The van der Waals surface area contributed by atoms with Crippen LogP contribution >= 0.6 is 0 Å². The van der Waals surface area contributed by atoms with Crippen LogP contribution in [0.2, 0.25) is 0 Å². The lowest BCUT2D eigenvalue weighted by molar-refractivity contribution is -0.132. The highest BCUT2D eigenvalue weighted by molar-refractivity contribution is 5.78. The molecule has 0 radical (unpaired) electrons. The van der Waals surface area contributed by atoms with E-state index in [-0.39, 0.29) is 23.7 Å². The van der Waals surface area contributed by atoms with Crippen LogP contribution in [0.3, 0.4) is 0 Å². The second-order valence-electron chi connectivity index (χ2n) is 6.46. The third-order valence-corrected chi connectivity index (χ3v) is 4.90. The molecule has 1 aliphatic heterocycles. The van der Waals surface area contributed by atoms with Crippen molar-refractivity contribution < 1.29 is 4.79 Å². The molecular formula is C15H26N6O2. The Hall–Kier alpha value is -1.70. The maximum Gasteiger partial charge on any atom is 0.364 e. The first-order valence-corrected chi connectivity index (χ1v) is 8.68. The number of tetrazole rings is 1. The van der Waals surface area contributed by atoms with E-state index in [4.69, 9.17) is 0 Å². The van der Waals surface area contributed by atoms with Crippen molar-refractivity contribution in [1.82, 2.24) is 29.6 Å². The first kappa shape index (κ1) is 16.2. The molecule has 1 aliphatic carbocycles. The maximum absolute atomic E-state index is 12.3. The van der Waals surface area contributed by atoms with Gasteiger partial charge in [0.15, 0.2) is 0 Å². The van der Waals surface area contributed by atoms with Crippen LogP contribution in [0.1, 0.15) is 51.6 Å². The lowest BCUT2D eigenvalue weighted by Gasteiger charge is -2.32. The van der Waals surface area contributed by atoms with Crippen LogP contribution in [-0.4, -0.2) is 68.2 Å². The molecule has 0 N–H and O–H groups in total. The smallest absolute Gasteiger partial charge is 0.342 e. The quantitative estimate of drug-likeness (QED) is 0.752. The molecule has 8 nitrogen and oxygen atoms in total. The minimum atomic E-state index is -0.0785. The Balaban J connectivity index is 1.54. The molecule has 1 saturated heterocycles. The second kappa shape index (κ2) is 6.82. The van der Waals surface area contributed by atoms with Gasteiger partial charge in [0, 0.05) is 26.2 Å². The molecule has 0 spiro atoms. The fourth-order valence-electron chi connectivity index (χ4n) is 3.23. The van der Waals surface area contributed by atoms with Crippen molar-refractivity contribution in [3.05, 3.63) is 10.5 Å². The number of likely N-dealkylation sites (N-methyl/N-ethyl adjacent to an activating group) is 1. The van der Waals surface area contributed by atoms with Gasteiger partial charge in [0.05, 0.1) is 18.6 Å². The van der Waals surface area contributed by atoms with Crippen molar-refractivity contribution in [2.75, 3.05) is 32.7 Å². The van der Waals surface area contributed by atoms with Gasteiger partial charge in [0.25, 0.3) is 0 Å². The van der Waals surface area contributed by atoms with Gasteiger partial charge in [0.2, 0.25) is 5.91 Å². The molecule has 128 valence electrons. The van der Waals surface area contributed by atoms with Gasteiger partial charge in [-0.3, -0.25) is 9.69 Å². The standard InChI is InChI=1S/C15H26N6O2/c1-3-19(4-2)14(22)11-18-9-7-13(8-10-18)21-15(23)20(16-17-21)12-5-6-12/h12-13H,3-11H2,1-2H3. The van der Waals surface area contributed by atoms with Crippen LogP contribution in [0.25, 0.3) is 0 Å². The number of nitrogens with zero attached hydrogens (tertiary/aromatic N) is 6. The number of carbonyl (C=O) groups is 1. The molecule has 0 unspecified atom stereocenters. The molecule has 0 atom stereocenters. The van der Waals surface area contributed by atoms with E-state index in [0.717, 1.165) is 51.9 Å². The van der Waals surface area contributed by atoms with Crippen molar-refractivity contribution >= 4 is 5.91 Å². The number of aromatic nitrogens is 4. The highest BCUT2D eigenvalue weighted by atomic mass is 16.2. The number of hydrogen-bond donors (Lipinski definition) is 0. The summed E-state index contributed by atoms with van der Waals surface area (Å²) in [6.07, 6.45) is 3.75. The van der Waals surface area contributed by atoms with Gasteiger partial charge in [-0.15, -0.1) is 0 Å². The van der Waals surface area contributed by atoms with E-state index in [9.17, 15) is 9.59 Å². The predicted molar refractivity (Wildman–Crippen MR) is 85.2 cm³/mol. The summed E-state index contributed by atoms with van der Waals surface area (Å²) in [4.78, 5) is 28.5. The summed E-state index contributed by atoms with van der Waals surface area (Å²) in [5, 5.41) is 8.07. The van der Waals surface area contributed by atoms with Crippen LogP contribution in [0, 0.1) is 0 Å². The largest absolute Gasteiger partial charge is 0.364 e. The predicted octanol–water partition coefficient (Wildman–Crippen LogP) is 0.280. The highest BCUT2D eigenvalue weighted by Gasteiger charge is 2.31. The number of amides is 1. The average molecular weight is 322 g/mol. The van der Waals surface area contributed by atoms with Gasteiger partial charge in [-0.2, -0.15) is 9.36 Å². The normalized spacial score (nSPS) is 19.9. The summed E-state index contributed by atoms with van der Waals surface area (Å²) in [6.45, 7) is 7.63. The van der Waals surface area contributed by atoms with Crippen LogP contribution < -0.4 is 5.69 Å². The van der Waals surface area contributed by atoms with Crippen LogP contribution in [0.4, 0.5) is 0 Å². The van der Waals surface area contributed by atoms with Crippen LogP contribution in [0.5, 0.6) is 0 Å². The number of rotatable bonds is 6. The third kappa shape index (κ3) is 3.46. The Kier molecular flexibility index (Phi) is 4.79. The fourth-order valence-corrected chi connectivity index (χ4v) is 3.23. The summed E-state index contributed by atoms with van der Waals surface area (Å²) in [5.74, 6) is 0.185. The van der Waals surface area contributed by atoms with Crippen LogP contribution in [0.15, 0.2) is 4.79 Å². The number of likely N-dealkylation sites (tertiary alicyclic amines) is 1. The summed E-state index contributed by atoms with van der Waals surface area (Å²) in [6, 6.07) is 0.373. The van der Waals surface area contributed by atoms with E-state index in [0.29, 0.717) is 6.54 Å². The average Bonchev–Trinajstić information content (AvgIpc) is 3.32. The van der Waals surface area contributed by atoms with E-state index in [2.05, 4.69) is 15.3 Å². The van der Waals surface area contributed by atoms with E-state index < -0.39 is 0 Å². The van der Waals surface area contributed by atoms with Gasteiger partial charge in [-0.1, -0.05) is 0 Å². The molecule has 0 aromatic carbocycles. The lowest BCUT2D eigenvalue weighted by Crippen LogP contribution is -2.44. The molecule has 1 saturated carbocycles. The molecule has 23 heavy (non-hydrogen) atoms. The molecule has 8 heteroatoms. The van der Waals surface area contributed by atoms with Gasteiger partial charge in [0.1, 0.15) is 0 Å². The Labute approximate surface area is 136 Å². The third-order valence-electron chi connectivity index (χ3n) is 4.90. The van der Waals surface area contributed by atoms with Crippen molar-refractivity contribution in [1.29, 1.82) is 0 Å². The van der Waals surface area contributed by atoms with E-state index in [1.165, 1.54) is 4.68 Å². The van der Waals surface area contributed by atoms with Crippen LogP contribution in [-0.2, 0) is 4.79 Å². The molecular weight excluding hydrogens is 296 g/mol. The highest BCUT2D eigenvalue weighted by Crippen LogP contribution is 2.32. The van der Waals surface area contributed by atoms with Crippen molar-refractivity contribution in [2.24, 2.45) is 0 Å².